The van der Waals surface area contributed by atoms with Gasteiger partial charge in [0, 0.05) is 48.5 Å². The van der Waals surface area contributed by atoms with Crippen molar-refractivity contribution in [3.63, 3.8) is 0 Å². The van der Waals surface area contributed by atoms with Crippen LogP contribution in [0.3, 0.4) is 0 Å². The SMILES string of the molecule is O=C(C1CC(F)(F)C1)N1Cc2ccc(-c3nc(Nc4ccc5[nH]ncc5c4)c4sccc4n3)cc2C1. The van der Waals surface area contributed by atoms with Gasteiger partial charge >= 0.3 is 0 Å². The number of amides is 1. The Hall–Kier alpha value is -3.92. The zero-order valence-electron chi connectivity index (χ0n) is 19.0. The van der Waals surface area contributed by atoms with Crippen LogP contribution in [0, 0.1) is 5.92 Å². The lowest BCUT2D eigenvalue weighted by Crippen LogP contribution is -2.45. The Kier molecular flexibility index (Phi) is 4.62. The van der Waals surface area contributed by atoms with E-state index < -0.39 is 11.8 Å². The van der Waals surface area contributed by atoms with Crippen molar-refractivity contribution in [3.05, 3.63) is 65.2 Å². The number of carbonyl (C=O) groups excluding carboxylic acids is 1. The molecule has 0 unspecified atom stereocenters. The minimum atomic E-state index is -2.70. The number of anilines is 2. The molecule has 10 heteroatoms. The van der Waals surface area contributed by atoms with Gasteiger partial charge in [0.1, 0.15) is 0 Å². The second kappa shape index (κ2) is 7.79. The lowest BCUT2D eigenvalue weighted by atomic mass is 9.80. The molecule has 1 aliphatic heterocycles. The molecule has 1 fully saturated rings. The average molecular weight is 503 g/mol. The Morgan fingerprint density at radius 2 is 1.94 bits per heavy atom. The first-order valence-corrected chi connectivity index (χ1v) is 12.5. The Labute approximate surface area is 208 Å². The quantitative estimate of drug-likeness (QED) is 0.321. The van der Waals surface area contributed by atoms with Crippen LogP contribution in [0.25, 0.3) is 32.5 Å². The van der Waals surface area contributed by atoms with Crippen LogP contribution in [0.2, 0.25) is 0 Å². The molecule has 1 amide bonds. The van der Waals surface area contributed by atoms with Crippen molar-refractivity contribution in [1.29, 1.82) is 0 Å². The topological polar surface area (TPSA) is 86.8 Å². The summed E-state index contributed by atoms with van der Waals surface area (Å²) in [6.07, 6.45) is 1.09. The number of H-pyrrole nitrogens is 1. The van der Waals surface area contributed by atoms with E-state index in [1.807, 2.05) is 47.8 Å². The molecule has 4 heterocycles. The number of benzene rings is 2. The van der Waals surface area contributed by atoms with E-state index in [-0.39, 0.29) is 18.7 Å². The summed E-state index contributed by atoms with van der Waals surface area (Å²) in [4.78, 5) is 24.0. The summed E-state index contributed by atoms with van der Waals surface area (Å²) in [6.45, 7) is 0.866. The third kappa shape index (κ3) is 3.60. The molecule has 3 aromatic heterocycles. The standard InChI is InChI=1S/C26H20F2N6OS/c27-26(28)9-18(10-26)25(35)34-12-15-2-1-14(7-17(15)13-34)23-31-21-5-6-36-22(21)24(32-23)30-19-3-4-20-16(8-19)11-29-33-20/h1-8,11,18H,9-10,12-13H2,(H,29,33)(H,30,31,32). The molecule has 1 aliphatic carbocycles. The van der Waals surface area contributed by atoms with Crippen LogP contribution in [0.1, 0.15) is 24.0 Å². The van der Waals surface area contributed by atoms with Crippen LogP contribution in [0.4, 0.5) is 20.3 Å². The van der Waals surface area contributed by atoms with Gasteiger partial charge in [-0.25, -0.2) is 18.7 Å². The molecule has 5 aromatic rings. The number of aromatic nitrogens is 4. The van der Waals surface area contributed by atoms with Gasteiger partial charge in [-0.05, 0) is 46.8 Å². The van der Waals surface area contributed by atoms with Crippen LogP contribution < -0.4 is 5.32 Å². The molecular weight excluding hydrogens is 482 g/mol. The van der Waals surface area contributed by atoms with E-state index >= 15 is 0 Å². The minimum absolute atomic E-state index is 0.185. The minimum Gasteiger partial charge on any atom is -0.339 e. The Morgan fingerprint density at radius 3 is 2.81 bits per heavy atom. The second-order valence-corrected chi connectivity index (χ2v) is 10.4. The molecule has 2 aromatic carbocycles. The molecule has 0 saturated heterocycles. The predicted molar refractivity (Wildman–Crippen MR) is 134 cm³/mol. The Balaban J connectivity index is 1.18. The normalized spacial score (nSPS) is 16.9. The fraction of sp³-hybridized carbons (Fsp3) is 0.231. The number of carbonyl (C=O) groups is 1. The highest BCUT2D eigenvalue weighted by molar-refractivity contribution is 7.17. The first kappa shape index (κ1) is 21.4. The molecule has 0 atom stereocenters. The number of fused-ring (bicyclic) bond motifs is 3. The fourth-order valence-corrected chi connectivity index (χ4v) is 5.79. The molecule has 7 nitrogen and oxygen atoms in total. The summed E-state index contributed by atoms with van der Waals surface area (Å²) in [7, 11) is 0. The molecule has 180 valence electrons. The maximum Gasteiger partial charge on any atom is 0.249 e. The van der Waals surface area contributed by atoms with Crippen molar-refractivity contribution in [2.75, 3.05) is 5.32 Å². The van der Waals surface area contributed by atoms with Crippen molar-refractivity contribution >= 4 is 49.9 Å². The number of alkyl halides is 2. The van der Waals surface area contributed by atoms with E-state index in [1.54, 1.807) is 22.4 Å². The van der Waals surface area contributed by atoms with Gasteiger partial charge in [0.05, 0.1) is 21.9 Å². The number of thiophene rings is 1. The predicted octanol–water partition coefficient (Wildman–Crippen LogP) is 5.87. The zero-order chi connectivity index (χ0) is 24.4. The maximum atomic E-state index is 13.3. The van der Waals surface area contributed by atoms with Crippen LogP contribution >= 0.6 is 11.3 Å². The third-order valence-electron chi connectivity index (χ3n) is 6.94. The van der Waals surface area contributed by atoms with Crippen molar-refractivity contribution in [2.45, 2.75) is 31.9 Å². The van der Waals surface area contributed by atoms with Gasteiger partial charge in [-0.3, -0.25) is 9.89 Å². The molecule has 0 radical (unpaired) electrons. The van der Waals surface area contributed by atoms with Crippen LogP contribution in [-0.4, -0.2) is 36.9 Å². The largest absolute Gasteiger partial charge is 0.339 e. The molecule has 1 saturated carbocycles. The average Bonchev–Trinajstić information content (AvgIpc) is 3.60. The van der Waals surface area contributed by atoms with Crippen molar-refractivity contribution < 1.29 is 13.6 Å². The zero-order valence-corrected chi connectivity index (χ0v) is 19.8. The number of aromatic amines is 1. The maximum absolute atomic E-state index is 13.3. The highest BCUT2D eigenvalue weighted by atomic mass is 32.1. The van der Waals surface area contributed by atoms with Crippen LogP contribution in [-0.2, 0) is 17.9 Å². The molecule has 0 spiro atoms. The van der Waals surface area contributed by atoms with Gasteiger partial charge < -0.3 is 10.2 Å². The van der Waals surface area contributed by atoms with Crippen molar-refractivity contribution in [1.82, 2.24) is 25.1 Å². The number of hydrogen-bond acceptors (Lipinski definition) is 6. The van der Waals surface area contributed by atoms with Crippen molar-refractivity contribution in [2.24, 2.45) is 5.92 Å². The number of rotatable bonds is 4. The Bertz CT molecular complexity index is 1650. The van der Waals surface area contributed by atoms with Gasteiger partial charge in [-0.15, -0.1) is 11.3 Å². The van der Waals surface area contributed by atoms with E-state index in [0.29, 0.717) is 18.9 Å². The van der Waals surface area contributed by atoms with Gasteiger partial charge in [0.2, 0.25) is 11.8 Å². The van der Waals surface area contributed by atoms with E-state index in [2.05, 4.69) is 15.5 Å². The summed E-state index contributed by atoms with van der Waals surface area (Å²) < 4.78 is 27.5. The van der Waals surface area contributed by atoms with Gasteiger partial charge in [0.25, 0.3) is 0 Å². The highest BCUT2D eigenvalue weighted by Gasteiger charge is 2.50. The van der Waals surface area contributed by atoms with Gasteiger partial charge in [0.15, 0.2) is 11.6 Å². The van der Waals surface area contributed by atoms with E-state index in [1.165, 1.54) is 0 Å². The monoisotopic (exact) mass is 502 g/mol. The Morgan fingerprint density at radius 1 is 1.08 bits per heavy atom. The van der Waals surface area contributed by atoms with Gasteiger partial charge in [-0.2, -0.15) is 5.10 Å². The van der Waals surface area contributed by atoms with Crippen LogP contribution in [0.15, 0.2) is 54.0 Å². The first-order chi connectivity index (χ1) is 17.4. The summed E-state index contributed by atoms with van der Waals surface area (Å²) in [6, 6.07) is 13.9. The summed E-state index contributed by atoms with van der Waals surface area (Å²) in [5, 5.41) is 13.5. The number of halogens is 2. The number of hydrogen-bond donors (Lipinski definition) is 2. The lowest BCUT2D eigenvalue weighted by Gasteiger charge is -2.36. The molecule has 7 rings (SSSR count). The van der Waals surface area contributed by atoms with E-state index in [0.717, 1.165) is 49.3 Å². The molecule has 2 N–H and O–H groups in total. The lowest BCUT2D eigenvalue weighted by molar-refractivity contribution is -0.160. The summed E-state index contributed by atoms with van der Waals surface area (Å²) >= 11 is 1.57. The fourth-order valence-electron chi connectivity index (χ4n) is 5.02. The van der Waals surface area contributed by atoms with Crippen LogP contribution in [0.5, 0.6) is 0 Å². The molecule has 36 heavy (non-hydrogen) atoms. The number of nitrogens with zero attached hydrogens (tertiary/aromatic N) is 4. The second-order valence-electron chi connectivity index (χ2n) is 9.47. The molecule has 2 aliphatic rings. The number of nitrogens with one attached hydrogen (secondary N) is 2. The van der Waals surface area contributed by atoms with Gasteiger partial charge in [-0.1, -0.05) is 12.1 Å². The van der Waals surface area contributed by atoms with E-state index in [9.17, 15) is 13.6 Å². The third-order valence-corrected chi connectivity index (χ3v) is 7.85. The summed E-state index contributed by atoms with van der Waals surface area (Å²) in [5.41, 5.74) is 5.58. The van der Waals surface area contributed by atoms with Crippen molar-refractivity contribution in [3.8, 4) is 11.4 Å². The highest BCUT2D eigenvalue weighted by Crippen LogP contribution is 2.44. The van der Waals surface area contributed by atoms with E-state index in [4.69, 9.17) is 9.97 Å². The smallest absolute Gasteiger partial charge is 0.249 e. The summed E-state index contributed by atoms with van der Waals surface area (Å²) in [5.74, 6) is -2.16. The molecular formula is C26H20F2N6OS. The molecule has 0 bridgehead atoms. The first-order valence-electron chi connectivity index (χ1n) is 11.7.